The van der Waals surface area contributed by atoms with Gasteiger partial charge < -0.3 is 9.47 Å². The average molecular weight is 282 g/mol. The summed E-state index contributed by atoms with van der Waals surface area (Å²) in [5.74, 6) is 3.05. The monoisotopic (exact) mass is 282 g/mol. The molecule has 3 heteroatoms. The summed E-state index contributed by atoms with van der Waals surface area (Å²) < 4.78 is 10.5. The molecule has 2 aliphatic carbocycles. The number of ether oxygens (including phenoxy) is 2. The van der Waals surface area contributed by atoms with Crippen molar-refractivity contribution in [3.8, 4) is 0 Å². The van der Waals surface area contributed by atoms with Gasteiger partial charge in [0.1, 0.15) is 5.91 Å². The zero-order chi connectivity index (χ0) is 13.5. The van der Waals surface area contributed by atoms with E-state index in [-0.39, 0.29) is 15.4 Å². The van der Waals surface area contributed by atoms with Crippen LogP contribution in [-0.4, -0.2) is 29.7 Å². The maximum absolute atomic E-state index is 5.26. The Morgan fingerprint density at radius 2 is 1.84 bits per heavy atom. The number of hydrogen-bond donors (Lipinski definition) is 0. The minimum Gasteiger partial charge on any atom is -0.360 e. The second-order valence-electron chi connectivity index (χ2n) is 6.29. The Morgan fingerprint density at radius 1 is 1.05 bits per heavy atom. The van der Waals surface area contributed by atoms with Crippen molar-refractivity contribution in [1.82, 2.24) is 0 Å². The van der Waals surface area contributed by atoms with Crippen molar-refractivity contribution < 1.29 is 9.47 Å². The zero-order valence-corrected chi connectivity index (χ0v) is 14.1. The van der Waals surface area contributed by atoms with Crippen molar-refractivity contribution in [2.24, 2.45) is 17.8 Å². The van der Waals surface area contributed by atoms with Crippen LogP contribution >= 0.6 is 0 Å². The van der Waals surface area contributed by atoms with Crippen LogP contribution in [0.3, 0.4) is 0 Å². The number of methoxy groups -OCH3 is 2. The lowest BCUT2D eigenvalue weighted by molar-refractivity contribution is -0.0441. The van der Waals surface area contributed by atoms with Crippen molar-refractivity contribution in [1.29, 1.82) is 0 Å². The smallest absolute Gasteiger partial charge is 0.134 e. The van der Waals surface area contributed by atoms with Gasteiger partial charge in [-0.15, -0.1) is 0 Å². The van der Waals surface area contributed by atoms with Crippen LogP contribution in [0.2, 0.25) is 6.04 Å². The first-order chi connectivity index (χ1) is 9.33. The Hall–Kier alpha value is -0.123. The van der Waals surface area contributed by atoms with E-state index in [1.807, 2.05) is 0 Å². The van der Waals surface area contributed by atoms with Crippen molar-refractivity contribution >= 4 is 9.52 Å². The van der Waals surface area contributed by atoms with Crippen LogP contribution in [0, 0.1) is 17.8 Å². The Kier molecular flexibility index (Phi) is 6.61. The summed E-state index contributed by atoms with van der Waals surface area (Å²) in [6.07, 6.45) is 15.0. The molecule has 0 spiro atoms. The van der Waals surface area contributed by atoms with Crippen LogP contribution in [0.5, 0.6) is 0 Å². The maximum atomic E-state index is 5.26. The van der Waals surface area contributed by atoms with Gasteiger partial charge in [0.2, 0.25) is 0 Å². The molecule has 0 heterocycles. The third-order valence-corrected chi connectivity index (χ3v) is 7.00. The summed E-state index contributed by atoms with van der Waals surface area (Å²) >= 11 is 0. The van der Waals surface area contributed by atoms with Gasteiger partial charge in [-0.1, -0.05) is 43.9 Å². The Labute approximate surface area is 120 Å². The van der Waals surface area contributed by atoms with E-state index in [0.29, 0.717) is 0 Å². The molecule has 0 amide bonds. The third kappa shape index (κ3) is 4.73. The molecule has 1 saturated carbocycles. The molecule has 0 N–H and O–H groups in total. The summed E-state index contributed by atoms with van der Waals surface area (Å²) in [6.45, 7) is 0. The molecule has 19 heavy (non-hydrogen) atoms. The molecule has 3 atom stereocenters. The molecular formula is C16H30O2Si. The van der Waals surface area contributed by atoms with Gasteiger partial charge in [-0.3, -0.25) is 0 Å². The van der Waals surface area contributed by atoms with Crippen LogP contribution in [-0.2, 0) is 9.47 Å². The third-order valence-electron chi connectivity index (χ3n) is 4.96. The van der Waals surface area contributed by atoms with E-state index in [9.17, 15) is 0 Å². The van der Waals surface area contributed by atoms with E-state index in [1.54, 1.807) is 14.2 Å². The topological polar surface area (TPSA) is 18.5 Å². The highest BCUT2D eigenvalue weighted by atomic mass is 28.2. The molecule has 1 fully saturated rings. The minimum atomic E-state index is -0.183. The number of hydrogen-bond acceptors (Lipinski definition) is 2. The standard InChI is InChI=1S/C16H30O2Si/c1-17-16(18-2)19-10-6-4-3-5-7-14-11-13-8-9-15(14)12-13/h8-9,13-16H,3-7,10-12,19H2,1-2H3. The van der Waals surface area contributed by atoms with Gasteiger partial charge in [-0.2, -0.15) is 0 Å². The molecule has 0 aromatic rings. The summed E-state index contributed by atoms with van der Waals surface area (Å²) in [5.41, 5.74) is 0. The van der Waals surface area contributed by atoms with Gasteiger partial charge in [0, 0.05) is 14.2 Å². The van der Waals surface area contributed by atoms with Crippen LogP contribution < -0.4 is 0 Å². The summed E-state index contributed by atoms with van der Waals surface area (Å²) in [5, 5.41) is 0. The Balaban J connectivity index is 1.42. The van der Waals surface area contributed by atoms with Crippen LogP contribution in [0.15, 0.2) is 12.2 Å². The SMILES string of the molecule is COC(OC)[SiH2]CCCCCCC1CC2C=CC1C2. The first kappa shape index (κ1) is 15.3. The molecular weight excluding hydrogens is 252 g/mol. The van der Waals surface area contributed by atoms with E-state index in [1.165, 1.54) is 51.0 Å². The molecule has 2 bridgehead atoms. The summed E-state index contributed by atoms with van der Waals surface area (Å²) in [6, 6.07) is 1.36. The van der Waals surface area contributed by atoms with Gasteiger partial charge in [0.25, 0.3) is 0 Å². The fourth-order valence-corrected chi connectivity index (χ4v) is 5.25. The predicted molar refractivity (Wildman–Crippen MR) is 83.1 cm³/mol. The Morgan fingerprint density at radius 3 is 2.47 bits per heavy atom. The number of unbranched alkanes of at least 4 members (excludes halogenated alkanes) is 3. The normalized spacial score (nSPS) is 29.3. The first-order valence-electron chi connectivity index (χ1n) is 8.07. The molecule has 2 rings (SSSR count). The molecule has 0 aromatic heterocycles. The van der Waals surface area contributed by atoms with Crippen LogP contribution in [0.25, 0.3) is 0 Å². The van der Waals surface area contributed by atoms with E-state index < -0.39 is 0 Å². The second-order valence-corrected chi connectivity index (χ2v) is 8.24. The van der Waals surface area contributed by atoms with Crippen molar-refractivity contribution in [3.63, 3.8) is 0 Å². The molecule has 0 aromatic carbocycles. The highest BCUT2D eigenvalue weighted by molar-refractivity contribution is 6.36. The maximum Gasteiger partial charge on any atom is 0.134 e. The summed E-state index contributed by atoms with van der Waals surface area (Å²) in [7, 11) is 3.33. The zero-order valence-electron chi connectivity index (χ0n) is 12.6. The number of allylic oxidation sites excluding steroid dienone is 2. The lowest BCUT2D eigenvalue weighted by atomic mass is 9.88. The van der Waals surface area contributed by atoms with Gasteiger partial charge >= 0.3 is 0 Å². The van der Waals surface area contributed by atoms with E-state index in [2.05, 4.69) is 12.2 Å². The van der Waals surface area contributed by atoms with Crippen LogP contribution in [0.1, 0.15) is 44.9 Å². The number of rotatable bonds is 10. The predicted octanol–water partition coefficient (Wildman–Crippen LogP) is 3.31. The average Bonchev–Trinajstić information content (AvgIpc) is 3.04. The van der Waals surface area contributed by atoms with Crippen LogP contribution in [0.4, 0.5) is 0 Å². The molecule has 110 valence electrons. The highest BCUT2D eigenvalue weighted by Crippen LogP contribution is 2.45. The van der Waals surface area contributed by atoms with Crippen molar-refractivity contribution in [3.05, 3.63) is 12.2 Å². The first-order valence-corrected chi connectivity index (χ1v) is 9.89. The fraction of sp³-hybridized carbons (Fsp3) is 0.875. The summed E-state index contributed by atoms with van der Waals surface area (Å²) in [4.78, 5) is 0. The highest BCUT2D eigenvalue weighted by Gasteiger charge is 2.34. The van der Waals surface area contributed by atoms with Crippen molar-refractivity contribution in [2.75, 3.05) is 14.2 Å². The molecule has 0 radical (unpaired) electrons. The van der Waals surface area contributed by atoms with E-state index >= 15 is 0 Å². The largest absolute Gasteiger partial charge is 0.360 e. The molecule has 0 saturated heterocycles. The van der Waals surface area contributed by atoms with Gasteiger partial charge in [0.15, 0.2) is 0 Å². The molecule has 0 aliphatic heterocycles. The lowest BCUT2D eigenvalue weighted by Gasteiger charge is -2.17. The number of fused-ring (bicyclic) bond motifs is 2. The Bertz CT molecular complexity index is 276. The molecule has 2 aliphatic rings. The van der Waals surface area contributed by atoms with Gasteiger partial charge in [-0.25, -0.2) is 0 Å². The quantitative estimate of drug-likeness (QED) is 0.265. The van der Waals surface area contributed by atoms with Crippen molar-refractivity contribution in [2.45, 2.75) is 56.9 Å². The van der Waals surface area contributed by atoms with E-state index in [4.69, 9.17) is 9.47 Å². The van der Waals surface area contributed by atoms with Gasteiger partial charge in [-0.05, 0) is 37.0 Å². The second kappa shape index (κ2) is 8.23. The molecule has 3 unspecified atom stereocenters. The van der Waals surface area contributed by atoms with Gasteiger partial charge in [0.05, 0.1) is 9.52 Å². The lowest BCUT2D eigenvalue weighted by Crippen LogP contribution is -2.20. The fourth-order valence-electron chi connectivity index (χ4n) is 3.81. The molecule has 2 nitrogen and oxygen atoms in total. The minimum absolute atomic E-state index is 0.140. The van der Waals surface area contributed by atoms with E-state index in [0.717, 1.165) is 17.8 Å².